The van der Waals surface area contributed by atoms with E-state index in [0.717, 1.165) is 82.0 Å². The highest BCUT2D eigenvalue weighted by molar-refractivity contribution is 4.93. The summed E-state index contributed by atoms with van der Waals surface area (Å²) >= 11 is 0. The van der Waals surface area contributed by atoms with Gasteiger partial charge in [0, 0.05) is 0 Å². The van der Waals surface area contributed by atoms with Gasteiger partial charge in [-0.2, -0.15) is 0 Å². The van der Waals surface area contributed by atoms with Gasteiger partial charge in [-0.15, -0.1) is 0 Å². The molecule has 0 heterocycles. The van der Waals surface area contributed by atoms with E-state index < -0.39 is 18.5 Å². The normalized spacial score (nSPS) is 44.4. The van der Waals surface area contributed by atoms with Crippen molar-refractivity contribution in [3.63, 3.8) is 0 Å². The molecule has 0 amide bonds. The fourth-order valence-corrected chi connectivity index (χ4v) is 9.28. The lowest BCUT2D eigenvalue weighted by Gasteiger charge is -2.41. The summed E-state index contributed by atoms with van der Waals surface area (Å²) in [6.45, 7) is 4.43. The number of hydrogen-bond acceptors (Lipinski definition) is 0. The second-order valence-electron chi connectivity index (χ2n) is 13.8. The molecule has 4 aliphatic rings. The van der Waals surface area contributed by atoms with Crippen LogP contribution in [0.2, 0.25) is 0 Å². The summed E-state index contributed by atoms with van der Waals surface area (Å²) in [6, 6.07) is 0. The Morgan fingerprint density at radius 3 is 1.72 bits per heavy atom. The molecule has 0 radical (unpaired) electrons. The van der Waals surface area contributed by atoms with Crippen LogP contribution in [0.3, 0.4) is 0 Å². The fraction of sp³-hybridized carbons (Fsp3) is 1.00. The van der Waals surface area contributed by atoms with Gasteiger partial charge in [-0.25, -0.2) is 13.2 Å². The average molecular weight is 511 g/mol. The van der Waals surface area contributed by atoms with Crippen molar-refractivity contribution in [2.24, 2.45) is 47.3 Å². The van der Waals surface area contributed by atoms with Crippen LogP contribution in [0.25, 0.3) is 0 Å². The Morgan fingerprint density at radius 1 is 0.500 bits per heavy atom. The maximum atomic E-state index is 15.2. The monoisotopic (exact) mass is 510 g/mol. The highest BCUT2D eigenvalue weighted by Crippen LogP contribution is 2.47. The first-order valence-corrected chi connectivity index (χ1v) is 16.4. The molecule has 0 aliphatic heterocycles. The highest BCUT2D eigenvalue weighted by Gasteiger charge is 2.44. The first kappa shape index (κ1) is 28.8. The van der Waals surface area contributed by atoms with Crippen LogP contribution in [0.1, 0.15) is 142 Å². The van der Waals surface area contributed by atoms with Gasteiger partial charge in [-0.3, -0.25) is 0 Å². The van der Waals surface area contributed by atoms with E-state index in [1.165, 1.54) is 64.2 Å². The molecule has 7 atom stereocenters. The van der Waals surface area contributed by atoms with Crippen molar-refractivity contribution >= 4 is 0 Å². The molecule has 7 unspecified atom stereocenters. The van der Waals surface area contributed by atoms with Crippen molar-refractivity contribution in [1.29, 1.82) is 0 Å². The lowest BCUT2D eigenvalue weighted by Crippen LogP contribution is -2.42. The summed E-state index contributed by atoms with van der Waals surface area (Å²) in [7, 11) is 0. The molecule has 36 heavy (non-hydrogen) atoms. The Kier molecular flexibility index (Phi) is 11.4. The molecule has 0 bridgehead atoms. The van der Waals surface area contributed by atoms with Gasteiger partial charge in [0.1, 0.15) is 18.5 Å². The number of halogens is 3. The molecular formula is C33H57F3. The van der Waals surface area contributed by atoms with Crippen LogP contribution >= 0.6 is 0 Å². The van der Waals surface area contributed by atoms with Crippen LogP contribution in [0.15, 0.2) is 0 Å². The minimum atomic E-state index is -1.23. The molecule has 4 rings (SSSR count). The van der Waals surface area contributed by atoms with Gasteiger partial charge in [0.15, 0.2) is 0 Å². The van der Waals surface area contributed by atoms with Crippen molar-refractivity contribution in [2.75, 3.05) is 0 Å². The van der Waals surface area contributed by atoms with Gasteiger partial charge in [-0.1, -0.05) is 71.6 Å². The molecule has 0 spiro atoms. The van der Waals surface area contributed by atoms with Crippen molar-refractivity contribution < 1.29 is 13.2 Å². The van der Waals surface area contributed by atoms with E-state index in [-0.39, 0.29) is 11.8 Å². The first-order valence-electron chi connectivity index (χ1n) is 16.4. The summed E-state index contributed by atoms with van der Waals surface area (Å²) < 4.78 is 45.0. The van der Waals surface area contributed by atoms with Gasteiger partial charge >= 0.3 is 0 Å². The fourth-order valence-electron chi connectivity index (χ4n) is 9.28. The summed E-state index contributed by atoms with van der Waals surface area (Å²) in [4.78, 5) is 0. The Hall–Kier alpha value is -0.210. The van der Waals surface area contributed by atoms with E-state index in [1.807, 2.05) is 0 Å². The average Bonchev–Trinajstić information content (AvgIpc) is 2.89. The quantitative estimate of drug-likeness (QED) is 0.274. The smallest absolute Gasteiger partial charge is 0.134 e. The minimum absolute atomic E-state index is 0.0185. The Balaban J connectivity index is 1.12. The van der Waals surface area contributed by atoms with E-state index in [1.54, 1.807) is 0 Å². The molecule has 0 aromatic carbocycles. The van der Waals surface area contributed by atoms with Crippen LogP contribution < -0.4 is 0 Å². The number of rotatable bonds is 10. The van der Waals surface area contributed by atoms with Gasteiger partial charge in [0.05, 0.1) is 0 Å². The molecule has 0 N–H and O–H groups in total. The van der Waals surface area contributed by atoms with Gasteiger partial charge in [0.2, 0.25) is 0 Å². The molecule has 0 aromatic heterocycles. The summed E-state index contributed by atoms with van der Waals surface area (Å²) in [5.74, 6) is 3.61. The predicted octanol–water partition coefficient (Wildman–Crippen LogP) is 10.8. The van der Waals surface area contributed by atoms with Crippen molar-refractivity contribution in [2.45, 2.75) is 161 Å². The molecule has 210 valence electrons. The lowest BCUT2D eigenvalue weighted by molar-refractivity contribution is -0.0151. The zero-order valence-electron chi connectivity index (χ0n) is 23.6. The van der Waals surface area contributed by atoms with Crippen molar-refractivity contribution in [1.82, 2.24) is 0 Å². The van der Waals surface area contributed by atoms with Crippen LogP contribution in [-0.4, -0.2) is 18.5 Å². The lowest BCUT2D eigenvalue weighted by atomic mass is 9.66. The van der Waals surface area contributed by atoms with Crippen molar-refractivity contribution in [3.8, 4) is 0 Å². The van der Waals surface area contributed by atoms with Crippen LogP contribution in [0.4, 0.5) is 13.2 Å². The molecule has 4 saturated carbocycles. The van der Waals surface area contributed by atoms with E-state index >= 15 is 8.78 Å². The summed E-state index contributed by atoms with van der Waals surface area (Å²) in [6.07, 6.45) is 19.6. The second kappa shape index (κ2) is 14.3. The van der Waals surface area contributed by atoms with E-state index in [9.17, 15) is 4.39 Å². The molecule has 0 saturated heterocycles. The van der Waals surface area contributed by atoms with Crippen LogP contribution in [0, 0.1) is 47.3 Å². The zero-order valence-corrected chi connectivity index (χ0v) is 23.6. The number of alkyl halides is 3. The summed E-state index contributed by atoms with van der Waals surface area (Å²) in [5.41, 5.74) is 0. The molecule has 0 nitrogen and oxygen atoms in total. The third kappa shape index (κ3) is 7.46. The van der Waals surface area contributed by atoms with Gasteiger partial charge in [-0.05, 0) is 118 Å². The standard InChI is InChI=1S/C33H57F3/c1-3-6-23-12-16-26(17-13-23)30-21-20-28(32(35)33(30)36)9-5-8-24-10-14-25(15-11-24)29-19-18-27(7-4-2)31(34)22-29/h23-33H,3-22H2,1-2H3. The minimum Gasteiger partial charge on any atom is -0.247 e. The second-order valence-corrected chi connectivity index (χ2v) is 13.8. The zero-order chi connectivity index (χ0) is 25.5. The largest absolute Gasteiger partial charge is 0.247 e. The third-order valence-electron chi connectivity index (χ3n) is 11.6. The van der Waals surface area contributed by atoms with E-state index in [4.69, 9.17) is 0 Å². The Morgan fingerprint density at radius 2 is 1.08 bits per heavy atom. The third-order valence-corrected chi connectivity index (χ3v) is 11.6. The SMILES string of the molecule is CCCC1CCC(C2CCC(CCCC3CCC(C4CCC(CCC)C(F)C4)CC3)C(F)C2F)CC1. The van der Waals surface area contributed by atoms with Gasteiger partial charge < -0.3 is 0 Å². The van der Waals surface area contributed by atoms with Gasteiger partial charge in [0.25, 0.3) is 0 Å². The molecular weight excluding hydrogens is 453 g/mol. The van der Waals surface area contributed by atoms with E-state index in [0.29, 0.717) is 17.8 Å². The topological polar surface area (TPSA) is 0 Å². The van der Waals surface area contributed by atoms with E-state index in [2.05, 4.69) is 13.8 Å². The summed E-state index contributed by atoms with van der Waals surface area (Å²) in [5, 5.41) is 0. The molecule has 3 heteroatoms. The highest BCUT2D eigenvalue weighted by atomic mass is 19.2. The Labute approximate surface area is 221 Å². The van der Waals surface area contributed by atoms with Crippen LogP contribution in [-0.2, 0) is 0 Å². The van der Waals surface area contributed by atoms with Crippen molar-refractivity contribution in [3.05, 3.63) is 0 Å². The Bertz CT molecular complexity index is 606. The maximum absolute atomic E-state index is 15.2. The predicted molar refractivity (Wildman–Crippen MR) is 146 cm³/mol. The maximum Gasteiger partial charge on any atom is 0.134 e. The number of hydrogen-bond donors (Lipinski definition) is 0. The molecule has 0 aromatic rings. The molecule has 4 aliphatic carbocycles. The molecule has 4 fully saturated rings. The first-order chi connectivity index (χ1) is 17.5. The van der Waals surface area contributed by atoms with Crippen LogP contribution in [0.5, 0.6) is 0 Å².